The Kier molecular flexibility index (Phi) is 5.33. The minimum atomic E-state index is -0.945. The van der Waals surface area contributed by atoms with E-state index in [4.69, 9.17) is 4.74 Å². The molecule has 166 valence electrons. The van der Waals surface area contributed by atoms with Crippen molar-refractivity contribution in [3.8, 4) is 0 Å². The Morgan fingerprint density at radius 2 is 1.83 bits per heavy atom. The minimum Gasteiger partial charge on any atom is -0.453 e. The smallest absolute Gasteiger partial charge is 0.409 e. The van der Waals surface area contributed by atoms with Crippen molar-refractivity contribution in [2.45, 2.75) is 75.5 Å². The van der Waals surface area contributed by atoms with Gasteiger partial charge in [0.15, 0.2) is 0 Å². The van der Waals surface area contributed by atoms with E-state index < -0.39 is 11.0 Å². The molecule has 3 aliphatic rings. The van der Waals surface area contributed by atoms with Gasteiger partial charge in [0.2, 0.25) is 0 Å². The highest BCUT2D eigenvalue weighted by Crippen LogP contribution is 2.57. The minimum absolute atomic E-state index is 0.152. The van der Waals surface area contributed by atoms with Crippen molar-refractivity contribution in [3.05, 3.63) is 35.4 Å². The van der Waals surface area contributed by atoms with E-state index in [1.54, 1.807) is 11.9 Å². The number of ether oxygens (including phenoxy) is 1. The fourth-order valence-electron chi connectivity index (χ4n) is 5.47. The SMILES string of the molecule is COC(=O)N(C)C1(C)CC(S(=O)N2CC3(CC(c4cccc(C(C)(C)C)c4)C3)C2)C1. The molecule has 2 aliphatic carbocycles. The van der Waals surface area contributed by atoms with Gasteiger partial charge in [-0.15, -0.1) is 0 Å². The van der Waals surface area contributed by atoms with Gasteiger partial charge in [-0.2, -0.15) is 0 Å². The van der Waals surface area contributed by atoms with Gasteiger partial charge < -0.3 is 9.64 Å². The first-order valence-corrected chi connectivity index (χ1v) is 12.2. The number of hydrogen-bond donors (Lipinski definition) is 0. The molecule has 1 unspecified atom stereocenters. The summed E-state index contributed by atoms with van der Waals surface area (Å²) in [5.74, 6) is 0.642. The lowest BCUT2D eigenvalue weighted by Crippen LogP contribution is -2.66. The average molecular weight is 433 g/mol. The molecule has 0 aromatic heterocycles. The summed E-state index contributed by atoms with van der Waals surface area (Å²) in [7, 11) is 2.23. The lowest BCUT2D eigenvalue weighted by molar-refractivity contribution is -0.0251. The molecule has 30 heavy (non-hydrogen) atoms. The van der Waals surface area contributed by atoms with Crippen LogP contribution in [0.25, 0.3) is 0 Å². The zero-order chi connectivity index (χ0) is 21.9. The second-order valence-corrected chi connectivity index (χ2v) is 12.8. The van der Waals surface area contributed by atoms with Gasteiger partial charge in [0, 0.05) is 25.7 Å². The lowest BCUT2D eigenvalue weighted by Gasteiger charge is -2.60. The molecular weight excluding hydrogens is 396 g/mol. The van der Waals surface area contributed by atoms with Crippen molar-refractivity contribution in [2.75, 3.05) is 27.2 Å². The molecule has 1 amide bonds. The van der Waals surface area contributed by atoms with E-state index in [-0.39, 0.29) is 22.3 Å². The van der Waals surface area contributed by atoms with E-state index in [0.29, 0.717) is 11.3 Å². The highest BCUT2D eigenvalue weighted by atomic mass is 32.2. The van der Waals surface area contributed by atoms with Gasteiger partial charge in [-0.05, 0) is 60.5 Å². The predicted octanol–water partition coefficient (Wildman–Crippen LogP) is 4.45. The number of amides is 1. The Bertz CT molecular complexity index is 842. The number of carbonyl (C=O) groups is 1. The Morgan fingerprint density at radius 3 is 2.40 bits per heavy atom. The Morgan fingerprint density at radius 1 is 1.20 bits per heavy atom. The van der Waals surface area contributed by atoms with Crippen LogP contribution in [0.5, 0.6) is 0 Å². The van der Waals surface area contributed by atoms with Crippen LogP contribution in [0.15, 0.2) is 24.3 Å². The maximum Gasteiger partial charge on any atom is 0.409 e. The largest absolute Gasteiger partial charge is 0.453 e. The van der Waals surface area contributed by atoms with Crippen LogP contribution in [0.2, 0.25) is 0 Å². The standard InChI is InChI=1S/C24H36N2O3S/c1-22(2,3)19-9-7-8-17(10-19)18-11-24(12-18)15-26(16-24)30(28)20-13-23(4,14-20)25(5)21(27)29-6/h7-10,18,20H,11-16H2,1-6H3. The highest BCUT2D eigenvalue weighted by molar-refractivity contribution is 7.83. The molecule has 2 saturated carbocycles. The summed E-state index contributed by atoms with van der Waals surface area (Å²) in [6, 6.07) is 9.09. The molecule has 1 saturated heterocycles. The lowest BCUT2D eigenvalue weighted by atomic mass is 9.57. The molecule has 0 N–H and O–H groups in total. The van der Waals surface area contributed by atoms with Gasteiger partial charge in [-0.25, -0.2) is 13.3 Å². The van der Waals surface area contributed by atoms with Gasteiger partial charge in [0.05, 0.1) is 23.3 Å². The third-order valence-electron chi connectivity index (χ3n) is 7.74. The van der Waals surface area contributed by atoms with Crippen molar-refractivity contribution >= 4 is 17.1 Å². The maximum absolute atomic E-state index is 13.0. The van der Waals surface area contributed by atoms with Crippen LogP contribution in [-0.4, -0.2) is 57.5 Å². The van der Waals surface area contributed by atoms with Crippen LogP contribution >= 0.6 is 0 Å². The van der Waals surface area contributed by atoms with Crippen molar-refractivity contribution in [1.29, 1.82) is 0 Å². The topological polar surface area (TPSA) is 49.9 Å². The second kappa shape index (κ2) is 7.33. The van der Waals surface area contributed by atoms with E-state index in [0.717, 1.165) is 25.9 Å². The van der Waals surface area contributed by atoms with E-state index in [9.17, 15) is 9.00 Å². The van der Waals surface area contributed by atoms with Crippen LogP contribution < -0.4 is 0 Å². The first-order valence-electron chi connectivity index (χ1n) is 11.0. The molecule has 4 rings (SSSR count). The molecule has 5 nitrogen and oxygen atoms in total. The van der Waals surface area contributed by atoms with E-state index in [1.165, 1.54) is 31.1 Å². The summed E-state index contributed by atoms with van der Waals surface area (Å²) in [4.78, 5) is 13.5. The van der Waals surface area contributed by atoms with Gasteiger partial charge in [0.25, 0.3) is 0 Å². The van der Waals surface area contributed by atoms with Crippen molar-refractivity contribution in [2.24, 2.45) is 5.41 Å². The molecule has 6 heteroatoms. The first kappa shape index (κ1) is 21.8. The fourth-order valence-corrected chi connectivity index (χ4v) is 7.70. The van der Waals surface area contributed by atoms with Crippen molar-refractivity contribution in [3.63, 3.8) is 0 Å². The Labute approximate surface area is 183 Å². The van der Waals surface area contributed by atoms with E-state index in [1.807, 2.05) is 0 Å². The van der Waals surface area contributed by atoms with E-state index >= 15 is 0 Å². The Balaban J connectivity index is 1.27. The molecule has 1 aromatic rings. The quantitative estimate of drug-likeness (QED) is 0.706. The molecule has 0 bridgehead atoms. The number of benzene rings is 1. The van der Waals surface area contributed by atoms with Crippen LogP contribution in [0.4, 0.5) is 4.79 Å². The first-order chi connectivity index (χ1) is 14.0. The zero-order valence-electron chi connectivity index (χ0n) is 19.2. The molecule has 0 radical (unpaired) electrons. The van der Waals surface area contributed by atoms with Crippen LogP contribution in [0.3, 0.4) is 0 Å². The predicted molar refractivity (Wildman–Crippen MR) is 121 cm³/mol. The highest BCUT2D eigenvalue weighted by Gasteiger charge is 2.57. The van der Waals surface area contributed by atoms with Gasteiger partial charge in [0.1, 0.15) is 0 Å². The third kappa shape index (κ3) is 3.70. The number of hydrogen-bond acceptors (Lipinski definition) is 3. The molecule has 1 spiro atoms. The Hall–Kier alpha value is -1.40. The molecule has 1 aromatic carbocycles. The number of carbonyl (C=O) groups excluding carboxylic acids is 1. The van der Waals surface area contributed by atoms with Crippen molar-refractivity contribution in [1.82, 2.24) is 9.21 Å². The monoisotopic (exact) mass is 432 g/mol. The molecular formula is C24H36N2O3S. The van der Waals surface area contributed by atoms with Gasteiger partial charge in [-0.1, -0.05) is 45.0 Å². The molecule has 1 aliphatic heterocycles. The summed E-state index contributed by atoms with van der Waals surface area (Å²) in [6.07, 6.45) is 3.65. The second-order valence-electron chi connectivity index (χ2n) is 11.1. The van der Waals surface area contributed by atoms with Crippen LogP contribution in [0.1, 0.15) is 70.4 Å². The summed E-state index contributed by atoms with van der Waals surface area (Å²) < 4.78 is 20.0. The zero-order valence-corrected chi connectivity index (χ0v) is 20.1. The van der Waals surface area contributed by atoms with E-state index in [2.05, 4.69) is 56.3 Å². The molecule has 3 fully saturated rings. The number of nitrogens with zero attached hydrogens (tertiary/aromatic N) is 2. The number of rotatable bonds is 4. The summed E-state index contributed by atoms with van der Waals surface area (Å²) in [5.41, 5.74) is 3.18. The average Bonchev–Trinajstić information content (AvgIpc) is 2.61. The van der Waals surface area contributed by atoms with Gasteiger partial charge >= 0.3 is 6.09 Å². The fraction of sp³-hybridized carbons (Fsp3) is 0.708. The summed E-state index contributed by atoms with van der Waals surface area (Å²) in [5, 5.41) is 0.152. The molecule has 1 atom stereocenters. The maximum atomic E-state index is 13.0. The summed E-state index contributed by atoms with van der Waals surface area (Å²) in [6.45, 7) is 10.8. The third-order valence-corrected chi connectivity index (χ3v) is 9.41. The number of methoxy groups -OCH3 is 1. The van der Waals surface area contributed by atoms with Gasteiger partial charge in [-0.3, -0.25) is 0 Å². The summed E-state index contributed by atoms with van der Waals surface area (Å²) >= 11 is 0. The molecule has 1 heterocycles. The van der Waals surface area contributed by atoms with Crippen LogP contribution in [0, 0.1) is 5.41 Å². The normalized spacial score (nSPS) is 29.5. The van der Waals surface area contributed by atoms with Crippen LogP contribution in [-0.2, 0) is 21.1 Å². The van der Waals surface area contributed by atoms with Crippen molar-refractivity contribution < 1.29 is 13.7 Å².